The third-order valence-corrected chi connectivity index (χ3v) is 4.38. The van der Waals surface area contributed by atoms with Crippen molar-refractivity contribution in [2.24, 2.45) is 0 Å². The predicted molar refractivity (Wildman–Crippen MR) is 87.6 cm³/mol. The Balaban J connectivity index is 1.98. The Labute approximate surface area is 131 Å². The van der Waals surface area contributed by atoms with Gasteiger partial charge in [-0.3, -0.25) is 0 Å². The van der Waals surface area contributed by atoms with E-state index in [-0.39, 0.29) is 0 Å². The minimum absolute atomic E-state index is 0.495. The number of hydrogen-bond acceptors (Lipinski definition) is 4. The number of aromatic nitrogens is 2. The van der Waals surface area contributed by atoms with Crippen molar-refractivity contribution in [2.45, 2.75) is 31.7 Å². The molecular formula is C17H25N3O2. The number of aryl methyl sites for hydroxylation is 1. The van der Waals surface area contributed by atoms with Crippen LogP contribution in [0.1, 0.15) is 31.0 Å². The number of benzene rings is 1. The van der Waals surface area contributed by atoms with Crippen LogP contribution in [-0.4, -0.2) is 43.5 Å². The van der Waals surface area contributed by atoms with Crippen molar-refractivity contribution in [3.63, 3.8) is 0 Å². The molecule has 3 rings (SSSR count). The van der Waals surface area contributed by atoms with Gasteiger partial charge in [-0.05, 0) is 37.9 Å². The maximum atomic E-state index is 5.38. The summed E-state index contributed by atoms with van der Waals surface area (Å²) in [6, 6.07) is 6.13. The third-order valence-electron chi connectivity index (χ3n) is 4.38. The van der Waals surface area contributed by atoms with Crippen molar-refractivity contribution in [2.75, 3.05) is 33.9 Å². The number of nitrogens with one attached hydrogen (secondary N) is 1. The molecule has 5 nitrogen and oxygen atoms in total. The van der Waals surface area contributed by atoms with Gasteiger partial charge in [-0.15, -0.1) is 0 Å². The van der Waals surface area contributed by atoms with Crippen LogP contribution in [0.2, 0.25) is 0 Å². The molecule has 1 aromatic heterocycles. The first-order chi connectivity index (χ1) is 10.8. The summed E-state index contributed by atoms with van der Waals surface area (Å²) in [5.41, 5.74) is 2.22. The van der Waals surface area contributed by atoms with Crippen LogP contribution in [0.5, 0.6) is 5.75 Å². The third kappa shape index (κ3) is 3.10. The lowest BCUT2D eigenvalue weighted by Crippen LogP contribution is -2.30. The summed E-state index contributed by atoms with van der Waals surface area (Å²) >= 11 is 0. The molecule has 0 spiro atoms. The molecule has 0 aliphatic carbocycles. The Morgan fingerprint density at radius 1 is 1.36 bits per heavy atom. The van der Waals surface area contributed by atoms with Gasteiger partial charge >= 0.3 is 0 Å². The SMILES string of the molecule is COCCCn1c(C2CCCNC2)nc2ccc(OC)cc21. The molecule has 2 aromatic rings. The molecule has 1 atom stereocenters. The first-order valence-electron chi connectivity index (χ1n) is 8.07. The van der Waals surface area contributed by atoms with E-state index in [1.165, 1.54) is 18.7 Å². The molecule has 1 aliphatic heterocycles. The lowest BCUT2D eigenvalue weighted by atomic mass is 9.99. The molecule has 1 aliphatic rings. The number of imidazole rings is 1. The van der Waals surface area contributed by atoms with E-state index in [9.17, 15) is 0 Å². The van der Waals surface area contributed by atoms with Crippen LogP contribution < -0.4 is 10.1 Å². The molecule has 1 unspecified atom stereocenters. The summed E-state index contributed by atoms with van der Waals surface area (Å²) < 4.78 is 12.9. The van der Waals surface area contributed by atoms with Gasteiger partial charge in [-0.25, -0.2) is 4.98 Å². The van der Waals surface area contributed by atoms with Gasteiger partial charge in [0.15, 0.2) is 0 Å². The normalized spacial score (nSPS) is 18.7. The van der Waals surface area contributed by atoms with E-state index >= 15 is 0 Å². The van der Waals surface area contributed by atoms with E-state index in [1.807, 2.05) is 6.07 Å². The molecular weight excluding hydrogens is 278 g/mol. The van der Waals surface area contributed by atoms with E-state index in [0.29, 0.717) is 5.92 Å². The van der Waals surface area contributed by atoms with E-state index in [2.05, 4.69) is 22.0 Å². The summed E-state index contributed by atoms with van der Waals surface area (Å²) in [5.74, 6) is 2.58. The van der Waals surface area contributed by atoms with Gasteiger partial charge in [0.25, 0.3) is 0 Å². The van der Waals surface area contributed by atoms with Crippen LogP contribution in [-0.2, 0) is 11.3 Å². The fourth-order valence-corrected chi connectivity index (χ4v) is 3.23. The van der Waals surface area contributed by atoms with Crippen molar-refractivity contribution < 1.29 is 9.47 Å². The lowest BCUT2D eigenvalue weighted by molar-refractivity contribution is 0.190. The highest BCUT2D eigenvalue weighted by Crippen LogP contribution is 2.29. The smallest absolute Gasteiger partial charge is 0.121 e. The van der Waals surface area contributed by atoms with E-state index < -0.39 is 0 Å². The monoisotopic (exact) mass is 303 g/mol. The summed E-state index contributed by atoms with van der Waals surface area (Å²) in [4.78, 5) is 4.92. The molecule has 0 bridgehead atoms. The maximum Gasteiger partial charge on any atom is 0.121 e. The minimum Gasteiger partial charge on any atom is -0.497 e. The Morgan fingerprint density at radius 2 is 2.27 bits per heavy atom. The van der Waals surface area contributed by atoms with Gasteiger partial charge in [0.05, 0.1) is 18.1 Å². The zero-order valence-corrected chi connectivity index (χ0v) is 13.5. The average Bonchev–Trinajstić information content (AvgIpc) is 2.94. The van der Waals surface area contributed by atoms with E-state index in [4.69, 9.17) is 14.5 Å². The van der Waals surface area contributed by atoms with Gasteiger partial charge in [0.1, 0.15) is 11.6 Å². The second-order valence-corrected chi connectivity index (χ2v) is 5.87. The number of piperidine rings is 1. The number of hydrogen-bond donors (Lipinski definition) is 1. The number of methoxy groups -OCH3 is 2. The molecule has 0 saturated carbocycles. The Bertz CT molecular complexity index is 618. The summed E-state index contributed by atoms with van der Waals surface area (Å²) in [5, 5.41) is 3.49. The van der Waals surface area contributed by atoms with Crippen molar-refractivity contribution in [1.82, 2.24) is 14.9 Å². The van der Waals surface area contributed by atoms with Crippen LogP contribution in [0.4, 0.5) is 0 Å². The molecule has 1 N–H and O–H groups in total. The molecule has 0 amide bonds. The van der Waals surface area contributed by atoms with E-state index in [1.54, 1.807) is 14.2 Å². The van der Waals surface area contributed by atoms with Crippen LogP contribution in [0, 0.1) is 0 Å². The zero-order valence-electron chi connectivity index (χ0n) is 13.5. The molecule has 120 valence electrons. The average molecular weight is 303 g/mol. The van der Waals surface area contributed by atoms with Crippen LogP contribution >= 0.6 is 0 Å². The molecule has 22 heavy (non-hydrogen) atoms. The van der Waals surface area contributed by atoms with Gasteiger partial charge in [-0.1, -0.05) is 0 Å². The lowest BCUT2D eigenvalue weighted by Gasteiger charge is -2.23. The van der Waals surface area contributed by atoms with Gasteiger partial charge in [0.2, 0.25) is 0 Å². The number of nitrogens with zero attached hydrogens (tertiary/aromatic N) is 2. The Kier molecular flexibility index (Phi) is 4.95. The standard InChI is InChI=1S/C17H25N3O2/c1-21-10-4-9-20-16-11-14(22-2)6-7-15(16)19-17(20)13-5-3-8-18-12-13/h6-7,11,13,18H,3-5,8-10,12H2,1-2H3. The topological polar surface area (TPSA) is 48.3 Å². The molecule has 1 saturated heterocycles. The molecule has 1 fully saturated rings. The Hall–Kier alpha value is -1.59. The first kappa shape index (κ1) is 15.3. The highest BCUT2D eigenvalue weighted by molar-refractivity contribution is 5.78. The van der Waals surface area contributed by atoms with Gasteiger partial charge in [0, 0.05) is 38.8 Å². The van der Waals surface area contributed by atoms with Crippen LogP contribution in [0.3, 0.4) is 0 Å². The largest absolute Gasteiger partial charge is 0.497 e. The quantitative estimate of drug-likeness (QED) is 0.833. The predicted octanol–water partition coefficient (Wildman–Crippen LogP) is 2.55. The van der Waals surface area contributed by atoms with Gasteiger partial charge < -0.3 is 19.4 Å². The second-order valence-electron chi connectivity index (χ2n) is 5.87. The highest BCUT2D eigenvalue weighted by Gasteiger charge is 2.22. The van der Waals surface area contributed by atoms with Crippen molar-refractivity contribution in [3.05, 3.63) is 24.0 Å². The summed E-state index contributed by atoms with van der Waals surface area (Å²) in [7, 11) is 3.46. The Morgan fingerprint density at radius 3 is 3.00 bits per heavy atom. The number of ether oxygens (including phenoxy) is 2. The van der Waals surface area contributed by atoms with Crippen molar-refractivity contribution >= 4 is 11.0 Å². The molecule has 5 heteroatoms. The van der Waals surface area contributed by atoms with Crippen molar-refractivity contribution in [1.29, 1.82) is 0 Å². The highest BCUT2D eigenvalue weighted by atomic mass is 16.5. The van der Waals surface area contributed by atoms with Crippen LogP contribution in [0.25, 0.3) is 11.0 Å². The summed E-state index contributed by atoms with van der Waals surface area (Å²) in [6.07, 6.45) is 3.42. The van der Waals surface area contributed by atoms with Gasteiger partial charge in [-0.2, -0.15) is 0 Å². The summed E-state index contributed by atoms with van der Waals surface area (Å²) in [6.45, 7) is 3.84. The first-order valence-corrected chi connectivity index (χ1v) is 8.07. The second kappa shape index (κ2) is 7.11. The molecule has 2 heterocycles. The fraction of sp³-hybridized carbons (Fsp3) is 0.588. The minimum atomic E-state index is 0.495. The molecule has 1 aromatic carbocycles. The van der Waals surface area contributed by atoms with E-state index in [0.717, 1.165) is 49.4 Å². The number of fused-ring (bicyclic) bond motifs is 1. The molecule has 0 radical (unpaired) electrons. The number of rotatable bonds is 6. The maximum absolute atomic E-state index is 5.38. The zero-order chi connectivity index (χ0) is 15.4. The van der Waals surface area contributed by atoms with Crippen molar-refractivity contribution in [3.8, 4) is 5.75 Å². The van der Waals surface area contributed by atoms with Crippen LogP contribution in [0.15, 0.2) is 18.2 Å². The fourth-order valence-electron chi connectivity index (χ4n) is 3.23.